The number of methoxy groups -OCH3 is 2. The van der Waals surface area contributed by atoms with Crippen molar-refractivity contribution in [2.24, 2.45) is 10.6 Å². The van der Waals surface area contributed by atoms with E-state index >= 15 is 0 Å². The van der Waals surface area contributed by atoms with Gasteiger partial charge in [0.05, 0.1) is 37.5 Å². The van der Waals surface area contributed by atoms with Gasteiger partial charge in [0, 0.05) is 49.1 Å². The van der Waals surface area contributed by atoms with Crippen LogP contribution in [0.1, 0.15) is 25.3 Å². The van der Waals surface area contributed by atoms with E-state index in [4.69, 9.17) is 14.6 Å². The first kappa shape index (κ1) is 23.4. The molecular formula is C21H25F2N5O4S. The van der Waals surface area contributed by atoms with E-state index in [2.05, 4.69) is 11.1 Å². The van der Waals surface area contributed by atoms with Gasteiger partial charge in [0.15, 0.2) is 11.5 Å². The summed E-state index contributed by atoms with van der Waals surface area (Å²) in [6, 6.07) is 5.12. The highest BCUT2D eigenvalue weighted by atomic mass is 32.2. The van der Waals surface area contributed by atoms with Gasteiger partial charge in [0.2, 0.25) is 0 Å². The number of benzene rings is 1. The summed E-state index contributed by atoms with van der Waals surface area (Å²) in [6.45, 7) is 0.858. The molecule has 33 heavy (non-hydrogen) atoms. The molecule has 1 aliphatic heterocycles. The van der Waals surface area contributed by atoms with Crippen LogP contribution in [0, 0.1) is 16.7 Å². The third-order valence-electron chi connectivity index (χ3n) is 6.34. The molecule has 1 aromatic carbocycles. The summed E-state index contributed by atoms with van der Waals surface area (Å²) in [6.07, 6.45) is 2.36. The van der Waals surface area contributed by atoms with E-state index in [9.17, 15) is 22.5 Å². The molecule has 1 spiro atoms. The number of anilines is 1. The van der Waals surface area contributed by atoms with Gasteiger partial charge in [-0.25, -0.2) is 13.9 Å². The van der Waals surface area contributed by atoms with Crippen LogP contribution in [0.4, 0.5) is 14.5 Å². The number of ether oxygens (including phenoxy) is 2. The quantitative estimate of drug-likeness (QED) is 0.644. The predicted octanol–water partition coefficient (Wildman–Crippen LogP) is 2.25. The fourth-order valence-electron chi connectivity index (χ4n) is 4.95. The minimum absolute atomic E-state index is 0.213. The number of hydrogen-bond acceptors (Lipinski definition) is 7. The van der Waals surface area contributed by atoms with Crippen molar-refractivity contribution in [2.75, 3.05) is 38.8 Å². The SMILES string of the molecule is COc1cc2ncc(C#N)c(N3CC4(CC(N(CC(C)(F)F)S(N)(=O)=O)C4)C3)c2cc1OC. The van der Waals surface area contributed by atoms with Crippen molar-refractivity contribution >= 4 is 26.8 Å². The van der Waals surface area contributed by atoms with E-state index in [0.717, 1.165) is 5.39 Å². The monoisotopic (exact) mass is 481 g/mol. The molecule has 2 fully saturated rings. The Morgan fingerprint density at radius 2 is 1.91 bits per heavy atom. The number of rotatable bonds is 7. The van der Waals surface area contributed by atoms with Crippen LogP contribution in [0.5, 0.6) is 11.5 Å². The van der Waals surface area contributed by atoms with Gasteiger partial charge < -0.3 is 14.4 Å². The summed E-state index contributed by atoms with van der Waals surface area (Å²) in [5.41, 5.74) is 1.54. The van der Waals surface area contributed by atoms with Crippen molar-refractivity contribution in [1.29, 1.82) is 5.26 Å². The number of alkyl halides is 2. The predicted molar refractivity (Wildman–Crippen MR) is 118 cm³/mol. The van der Waals surface area contributed by atoms with Gasteiger partial charge in [-0.1, -0.05) is 0 Å². The first-order valence-electron chi connectivity index (χ1n) is 10.3. The number of hydrogen-bond donors (Lipinski definition) is 1. The average molecular weight is 482 g/mol. The molecule has 0 amide bonds. The fraction of sp³-hybridized carbons (Fsp3) is 0.524. The number of nitrogens with zero attached hydrogens (tertiary/aromatic N) is 4. The molecule has 2 aromatic rings. The van der Waals surface area contributed by atoms with Crippen molar-refractivity contribution in [2.45, 2.75) is 31.7 Å². The molecule has 4 rings (SSSR count). The van der Waals surface area contributed by atoms with Crippen molar-refractivity contribution in [3.63, 3.8) is 0 Å². The Labute approximate surface area is 190 Å². The topological polar surface area (TPSA) is 122 Å². The van der Waals surface area contributed by atoms with Gasteiger partial charge in [0.25, 0.3) is 16.1 Å². The number of fused-ring (bicyclic) bond motifs is 1. The number of aromatic nitrogens is 1. The Morgan fingerprint density at radius 1 is 1.30 bits per heavy atom. The molecule has 2 N–H and O–H groups in total. The maximum Gasteiger partial charge on any atom is 0.277 e. The largest absolute Gasteiger partial charge is 0.493 e. The van der Waals surface area contributed by atoms with Crippen LogP contribution in [-0.2, 0) is 10.2 Å². The standard InChI is InChI=1S/C21H25F2N5O4S/c1-20(22,23)10-28(33(25,29)30)14-6-21(7-14)11-27(12-21)19-13(8-24)9-26-16-5-18(32-3)17(31-2)4-15(16)19/h4-5,9,14H,6-7,10-12H2,1-3H3,(H2,25,29,30). The molecule has 1 saturated heterocycles. The molecule has 0 atom stereocenters. The van der Waals surface area contributed by atoms with E-state index < -0.39 is 28.7 Å². The molecule has 0 radical (unpaired) electrons. The van der Waals surface area contributed by atoms with Crippen LogP contribution in [0.25, 0.3) is 10.9 Å². The van der Waals surface area contributed by atoms with Gasteiger partial charge >= 0.3 is 0 Å². The van der Waals surface area contributed by atoms with Crippen molar-refractivity contribution in [3.05, 3.63) is 23.9 Å². The second-order valence-corrected chi connectivity index (χ2v) is 10.4. The van der Waals surface area contributed by atoms with Crippen LogP contribution in [0.2, 0.25) is 0 Å². The summed E-state index contributed by atoms with van der Waals surface area (Å²) in [7, 11) is -1.20. The van der Waals surface area contributed by atoms with Crippen LogP contribution in [0.3, 0.4) is 0 Å². The summed E-state index contributed by atoms with van der Waals surface area (Å²) < 4.78 is 62.2. The van der Waals surface area contributed by atoms with Crippen LogP contribution in [-0.4, -0.2) is 63.5 Å². The molecule has 2 heterocycles. The minimum atomic E-state index is -4.25. The summed E-state index contributed by atoms with van der Waals surface area (Å²) in [5.74, 6) is -2.16. The van der Waals surface area contributed by atoms with Crippen LogP contribution in [0.15, 0.2) is 18.3 Å². The first-order chi connectivity index (χ1) is 15.4. The molecule has 0 bridgehead atoms. The lowest BCUT2D eigenvalue weighted by atomic mass is 9.60. The number of halogens is 2. The van der Waals surface area contributed by atoms with Crippen molar-refractivity contribution < 1.29 is 26.7 Å². The smallest absolute Gasteiger partial charge is 0.277 e. The zero-order valence-corrected chi connectivity index (χ0v) is 19.3. The van der Waals surface area contributed by atoms with E-state index in [0.29, 0.717) is 65.4 Å². The maximum absolute atomic E-state index is 13.5. The zero-order valence-electron chi connectivity index (χ0n) is 18.5. The minimum Gasteiger partial charge on any atom is -0.493 e. The number of nitriles is 1. The molecule has 178 valence electrons. The van der Waals surface area contributed by atoms with Gasteiger partial charge in [-0.2, -0.15) is 18.0 Å². The average Bonchev–Trinajstić information content (AvgIpc) is 2.67. The van der Waals surface area contributed by atoms with Gasteiger partial charge in [-0.15, -0.1) is 0 Å². The first-order valence-corrected chi connectivity index (χ1v) is 11.8. The lowest BCUT2D eigenvalue weighted by molar-refractivity contribution is -0.0414. The second-order valence-electron chi connectivity index (χ2n) is 8.94. The van der Waals surface area contributed by atoms with E-state index in [1.54, 1.807) is 12.1 Å². The van der Waals surface area contributed by atoms with Crippen LogP contribution < -0.4 is 19.5 Å². The van der Waals surface area contributed by atoms with E-state index in [1.807, 2.05) is 4.90 Å². The van der Waals surface area contributed by atoms with E-state index in [1.165, 1.54) is 20.4 Å². The molecule has 0 unspecified atom stereocenters. The normalized spacial score (nSPS) is 18.2. The lowest BCUT2D eigenvalue weighted by Crippen LogP contribution is -2.68. The lowest BCUT2D eigenvalue weighted by Gasteiger charge is -2.61. The molecule has 9 nitrogen and oxygen atoms in total. The molecule has 12 heteroatoms. The molecule has 2 aliphatic rings. The van der Waals surface area contributed by atoms with Crippen molar-refractivity contribution in [3.8, 4) is 17.6 Å². The van der Waals surface area contributed by atoms with Gasteiger partial charge in [-0.3, -0.25) is 4.98 Å². The van der Waals surface area contributed by atoms with Gasteiger partial charge in [-0.05, 0) is 18.9 Å². The Morgan fingerprint density at radius 3 is 2.42 bits per heavy atom. The third-order valence-corrected chi connectivity index (χ3v) is 7.42. The Hall–Kier alpha value is -2.75. The Balaban J connectivity index is 1.57. The summed E-state index contributed by atoms with van der Waals surface area (Å²) in [4.78, 5) is 6.39. The van der Waals surface area contributed by atoms with Gasteiger partial charge in [0.1, 0.15) is 6.07 Å². The number of pyridine rings is 1. The van der Waals surface area contributed by atoms with Crippen LogP contribution >= 0.6 is 0 Å². The highest BCUT2D eigenvalue weighted by Gasteiger charge is 2.56. The maximum atomic E-state index is 13.5. The summed E-state index contributed by atoms with van der Waals surface area (Å²) >= 11 is 0. The molecule has 1 aliphatic carbocycles. The molecular weight excluding hydrogens is 456 g/mol. The highest BCUT2D eigenvalue weighted by molar-refractivity contribution is 7.86. The highest BCUT2D eigenvalue weighted by Crippen LogP contribution is 2.53. The molecule has 1 aromatic heterocycles. The second kappa shape index (κ2) is 7.93. The number of nitrogens with two attached hydrogens (primary N) is 1. The Kier molecular flexibility index (Phi) is 5.63. The zero-order chi connectivity index (χ0) is 24.2. The fourth-order valence-corrected chi connectivity index (χ4v) is 5.92. The van der Waals surface area contributed by atoms with E-state index in [-0.39, 0.29) is 5.41 Å². The molecule has 1 saturated carbocycles. The summed E-state index contributed by atoms with van der Waals surface area (Å²) in [5, 5.41) is 15.6. The van der Waals surface area contributed by atoms with Crippen molar-refractivity contribution in [1.82, 2.24) is 9.29 Å². The Bertz CT molecular complexity index is 1230. The third kappa shape index (κ3) is 4.28.